The Hall–Kier alpha value is -1.66. The number of carboxylic acids is 2. The maximum atomic E-state index is 9.25. The standard InChI is InChI=1S/C8H18O2.2C3H4O2/c9-7-5-3-1-2-4-6-8-10;2*1-2-3(4)5/h9-10H,1-8H2;2*2H,1H2,(H,4,5). The second-order valence-electron chi connectivity index (χ2n) is 3.65. The molecule has 0 aliphatic rings. The van der Waals surface area contributed by atoms with Gasteiger partial charge in [-0.3, -0.25) is 0 Å². The van der Waals surface area contributed by atoms with Crippen LogP contribution >= 0.6 is 0 Å². The van der Waals surface area contributed by atoms with E-state index >= 15 is 0 Å². The summed E-state index contributed by atoms with van der Waals surface area (Å²) in [6.07, 6.45) is 8.17. The summed E-state index contributed by atoms with van der Waals surface area (Å²) < 4.78 is 0. The molecule has 0 bridgehead atoms. The van der Waals surface area contributed by atoms with Gasteiger partial charge in [-0.25, -0.2) is 9.59 Å². The van der Waals surface area contributed by atoms with Crippen molar-refractivity contribution in [3.05, 3.63) is 25.3 Å². The molecule has 0 unspecified atom stereocenters. The molecule has 0 aromatic rings. The Balaban J connectivity index is -0.000000244. The molecule has 20 heavy (non-hydrogen) atoms. The van der Waals surface area contributed by atoms with E-state index in [1.54, 1.807) is 0 Å². The Kier molecular flexibility index (Phi) is 26.4. The number of hydrogen-bond acceptors (Lipinski definition) is 4. The number of aliphatic hydroxyl groups excluding tert-OH is 2. The molecule has 0 saturated carbocycles. The highest BCUT2D eigenvalue weighted by Gasteiger charge is 1.88. The zero-order valence-electron chi connectivity index (χ0n) is 11.8. The number of hydrogen-bond donors (Lipinski definition) is 4. The van der Waals surface area contributed by atoms with Crippen LogP contribution in [-0.2, 0) is 9.59 Å². The Morgan fingerprint density at radius 1 is 0.700 bits per heavy atom. The summed E-state index contributed by atoms with van der Waals surface area (Å²) in [5, 5.41) is 32.1. The van der Waals surface area contributed by atoms with Crippen LogP contribution < -0.4 is 0 Å². The molecule has 0 saturated heterocycles. The van der Waals surface area contributed by atoms with E-state index in [0.29, 0.717) is 13.2 Å². The van der Waals surface area contributed by atoms with Crippen LogP contribution in [0.2, 0.25) is 0 Å². The first-order chi connectivity index (χ1) is 9.45. The van der Waals surface area contributed by atoms with Gasteiger partial charge in [-0.15, -0.1) is 0 Å². The van der Waals surface area contributed by atoms with E-state index in [1.807, 2.05) is 0 Å². The van der Waals surface area contributed by atoms with Crippen molar-refractivity contribution in [2.75, 3.05) is 13.2 Å². The molecule has 0 fully saturated rings. The minimum Gasteiger partial charge on any atom is -0.478 e. The Morgan fingerprint density at radius 3 is 1.05 bits per heavy atom. The molecule has 0 aliphatic heterocycles. The van der Waals surface area contributed by atoms with E-state index in [0.717, 1.165) is 37.8 Å². The predicted octanol–water partition coefficient (Wildman–Crippen LogP) is 1.83. The van der Waals surface area contributed by atoms with E-state index < -0.39 is 11.9 Å². The quantitative estimate of drug-likeness (QED) is 0.380. The largest absolute Gasteiger partial charge is 0.478 e. The van der Waals surface area contributed by atoms with Gasteiger partial charge in [0.25, 0.3) is 0 Å². The van der Waals surface area contributed by atoms with Crippen LogP contribution in [-0.4, -0.2) is 45.6 Å². The van der Waals surface area contributed by atoms with Crippen molar-refractivity contribution in [1.82, 2.24) is 0 Å². The van der Waals surface area contributed by atoms with Gasteiger partial charge in [-0.05, 0) is 12.8 Å². The van der Waals surface area contributed by atoms with E-state index in [1.165, 1.54) is 12.8 Å². The third-order valence-electron chi connectivity index (χ3n) is 1.92. The highest BCUT2D eigenvalue weighted by atomic mass is 16.4. The van der Waals surface area contributed by atoms with Crippen molar-refractivity contribution in [3.63, 3.8) is 0 Å². The normalized spacial score (nSPS) is 8.30. The third kappa shape index (κ3) is 44.1. The summed E-state index contributed by atoms with van der Waals surface area (Å²) in [6.45, 7) is 6.56. The monoisotopic (exact) mass is 290 g/mol. The molecule has 0 atom stereocenters. The smallest absolute Gasteiger partial charge is 0.327 e. The van der Waals surface area contributed by atoms with E-state index in [2.05, 4.69) is 13.2 Å². The first-order valence-corrected chi connectivity index (χ1v) is 6.38. The number of unbranched alkanes of at least 4 members (excludes halogenated alkanes) is 5. The van der Waals surface area contributed by atoms with E-state index in [9.17, 15) is 9.59 Å². The van der Waals surface area contributed by atoms with Crippen molar-refractivity contribution in [3.8, 4) is 0 Å². The molecule has 0 radical (unpaired) electrons. The van der Waals surface area contributed by atoms with Crippen LogP contribution in [0.15, 0.2) is 25.3 Å². The van der Waals surface area contributed by atoms with Crippen LogP contribution in [0, 0.1) is 0 Å². The summed E-state index contributed by atoms with van der Waals surface area (Å²) >= 11 is 0. The first kappa shape index (κ1) is 23.4. The SMILES string of the molecule is C=CC(=O)O.C=CC(=O)O.OCCCCCCCCO. The Bertz CT molecular complexity index is 224. The number of carbonyl (C=O) groups is 2. The maximum Gasteiger partial charge on any atom is 0.327 e. The number of carboxylic acid groups (broad SMARTS) is 2. The van der Waals surface area contributed by atoms with Crippen molar-refractivity contribution >= 4 is 11.9 Å². The summed E-state index contributed by atoms with van der Waals surface area (Å²) in [7, 11) is 0. The minimum absolute atomic E-state index is 0.319. The lowest BCUT2D eigenvalue weighted by atomic mass is 10.1. The molecule has 0 aromatic carbocycles. The summed E-state index contributed by atoms with van der Waals surface area (Å²) in [4.78, 5) is 18.5. The fourth-order valence-corrected chi connectivity index (χ4v) is 0.931. The van der Waals surface area contributed by atoms with Gasteiger partial charge in [0.15, 0.2) is 0 Å². The molecule has 4 N–H and O–H groups in total. The lowest BCUT2D eigenvalue weighted by Crippen LogP contribution is -1.85. The topological polar surface area (TPSA) is 115 Å². The average molecular weight is 290 g/mol. The molecule has 6 nitrogen and oxygen atoms in total. The molecule has 0 heterocycles. The maximum absolute atomic E-state index is 9.25. The van der Waals surface area contributed by atoms with Crippen molar-refractivity contribution in [2.45, 2.75) is 38.5 Å². The Labute approximate surface area is 120 Å². The highest BCUT2D eigenvalue weighted by molar-refractivity contribution is 5.79. The van der Waals surface area contributed by atoms with Gasteiger partial charge in [0.05, 0.1) is 0 Å². The van der Waals surface area contributed by atoms with Gasteiger partial charge in [-0.1, -0.05) is 38.8 Å². The number of aliphatic carboxylic acids is 2. The lowest BCUT2D eigenvalue weighted by Gasteiger charge is -1.97. The van der Waals surface area contributed by atoms with Crippen molar-refractivity contribution in [2.24, 2.45) is 0 Å². The van der Waals surface area contributed by atoms with Gasteiger partial charge in [0.1, 0.15) is 0 Å². The van der Waals surface area contributed by atoms with Crippen LogP contribution in [0.1, 0.15) is 38.5 Å². The summed E-state index contributed by atoms with van der Waals surface area (Å²) in [5.41, 5.74) is 0. The first-order valence-electron chi connectivity index (χ1n) is 6.38. The van der Waals surface area contributed by atoms with Crippen molar-refractivity contribution < 1.29 is 30.0 Å². The number of aliphatic hydroxyl groups is 2. The fourth-order valence-electron chi connectivity index (χ4n) is 0.931. The van der Waals surface area contributed by atoms with E-state index in [-0.39, 0.29) is 0 Å². The molecule has 6 heteroatoms. The molecule has 118 valence electrons. The minimum atomic E-state index is -0.981. The fraction of sp³-hybridized carbons (Fsp3) is 0.571. The van der Waals surface area contributed by atoms with Gasteiger partial charge in [0, 0.05) is 25.4 Å². The Morgan fingerprint density at radius 2 is 0.900 bits per heavy atom. The zero-order valence-corrected chi connectivity index (χ0v) is 11.8. The highest BCUT2D eigenvalue weighted by Crippen LogP contribution is 2.03. The lowest BCUT2D eigenvalue weighted by molar-refractivity contribution is -0.132. The second-order valence-corrected chi connectivity index (χ2v) is 3.65. The second kappa shape index (κ2) is 22.5. The zero-order chi connectivity index (χ0) is 16.2. The molecule has 0 aromatic heterocycles. The van der Waals surface area contributed by atoms with E-state index in [4.69, 9.17) is 20.4 Å². The van der Waals surface area contributed by atoms with Crippen molar-refractivity contribution in [1.29, 1.82) is 0 Å². The summed E-state index contributed by atoms with van der Waals surface area (Å²) in [5.74, 6) is -1.96. The molecular formula is C14H26O6. The molecular weight excluding hydrogens is 264 g/mol. The molecule has 0 spiro atoms. The molecule has 0 amide bonds. The van der Waals surface area contributed by atoms with Gasteiger partial charge in [0.2, 0.25) is 0 Å². The van der Waals surface area contributed by atoms with Crippen LogP contribution in [0.4, 0.5) is 0 Å². The van der Waals surface area contributed by atoms with Crippen LogP contribution in [0.25, 0.3) is 0 Å². The van der Waals surface area contributed by atoms with Gasteiger partial charge in [-0.2, -0.15) is 0 Å². The molecule has 0 rings (SSSR count). The van der Waals surface area contributed by atoms with Gasteiger partial charge < -0.3 is 20.4 Å². The predicted molar refractivity (Wildman–Crippen MR) is 77.5 cm³/mol. The molecule has 0 aliphatic carbocycles. The number of rotatable bonds is 9. The summed E-state index contributed by atoms with van der Waals surface area (Å²) in [6, 6.07) is 0. The van der Waals surface area contributed by atoms with Crippen LogP contribution in [0.5, 0.6) is 0 Å². The average Bonchev–Trinajstić information content (AvgIpc) is 2.44. The third-order valence-corrected chi connectivity index (χ3v) is 1.92. The van der Waals surface area contributed by atoms with Crippen LogP contribution in [0.3, 0.4) is 0 Å². The van der Waals surface area contributed by atoms with Gasteiger partial charge >= 0.3 is 11.9 Å².